The maximum Gasteiger partial charge on any atom is 0.0541 e. The Bertz CT molecular complexity index is 4930. The second-order valence-corrected chi connectivity index (χ2v) is 23.7. The van der Waals surface area contributed by atoms with E-state index in [2.05, 4.69) is 316 Å². The van der Waals surface area contributed by atoms with Gasteiger partial charge in [-0.1, -0.05) is 228 Å². The van der Waals surface area contributed by atoms with E-state index in [4.69, 9.17) is 0 Å². The number of fused-ring (bicyclic) bond motifs is 12. The van der Waals surface area contributed by atoms with E-state index in [1.165, 1.54) is 149 Å². The van der Waals surface area contributed by atoms with Crippen molar-refractivity contribution >= 4 is 55.8 Å². The van der Waals surface area contributed by atoms with Gasteiger partial charge in [-0.2, -0.15) is 0 Å². The molecule has 0 N–H and O–H groups in total. The van der Waals surface area contributed by atoms with Gasteiger partial charge < -0.3 is 9.13 Å². The van der Waals surface area contributed by atoms with E-state index in [0.29, 0.717) is 0 Å². The van der Waals surface area contributed by atoms with Crippen LogP contribution in [0.25, 0.3) is 134 Å². The van der Waals surface area contributed by atoms with Gasteiger partial charge in [0.2, 0.25) is 0 Å². The van der Waals surface area contributed by atoms with E-state index >= 15 is 0 Å². The topological polar surface area (TPSA) is 9.86 Å². The lowest BCUT2D eigenvalue weighted by molar-refractivity contribution is 0.659. The van der Waals surface area contributed by atoms with Crippen molar-refractivity contribution in [2.24, 2.45) is 0 Å². The number of para-hydroxylation sites is 3. The summed E-state index contributed by atoms with van der Waals surface area (Å²) in [5, 5.41) is 5.06. The molecule has 14 aromatic rings. The Hall–Kier alpha value is -10.0. The third kappa shape index (κ3) is 7.48. The summed E-state index contributed by atoms with van der Waals surface area (Å²) >= 11 is 0. The van der Waals surface area contributed by atoms with E-state index in [1.54, 1.807) is 0 Å². The fourth-order valence-corrected chi connectivity index (χ4v) is 14.0. The molecule has 0 aliphatic heterocycles. The van der Waals surface area contributed by atoms with E-state index in [1.807, 2.05) is 0 Å². The summed E-state index contributed by atoms with van der Waals surface area (Å²) in [6.45, 7) is 9.60. The zero-order valence-corrected chi connectivity index (χ0v) is 46.5. The van der Waals surface area contributed by atoms with Crippen LogP contribution in [0.5, 0.6) is 0 Å². The van der Waals surface area contributed by atoms with Crippen LogP contribution in [-0.4, -0.2) is 9.13 Å². The molecule has 0 amide bonds. The molecule has 16 rings (SSSR count). The number of aromatic nitrogens is 2. The standard InChI is InChI=1S/C80H58N2/c1-79(2)71-45-52(24-23-51-25-28-55(29-26-51)56-35-43-77-69(46-56)67-19-11-13-21-75(67)81(77)61-17-9-6-10-18-61)27-39-63(71)64-41-33-59(49-72(64)79)60-34-42-66-65-40-32-58(48-73(65)80(3,4)74(66)50-60)57-36-44-78-70(47-57)68-20-12-14-22-76(68)82(78)62-37-30-54(31-38-62)53-15-7-5-8-16-53/h5-50H,1-4H3. The van der Waals surface area contributed by atoms with Crippen LogP contribution in [0.2, 0.25) is 0 Å². The molecule has 2 aromatic heterocycles. The van der Waals surface area contributed by atoms with Crippen LogP contribution in [0, 0.1) is 0 Å². The van der Waals surface area contributed by atoms with E-state index in [9.17, 15) is 0 Å². The van der Waals surface area contributed by atoms with Crippen LogP contribution in [0.15, 0.2) is 267 Å². The highest BCUT2D eigenvalue weighted by Gasteiger charge is 2.38. The molecule has 0 atom stereocenters. The largest absolute Gasteiger partial charge is 0.309 e. The molecule has 82 heavy (non-hydrogen) atoms. The number of hydrogen-bond acceptors (Lipinski definition) is 0. The Morgan fingerprint density at radius 2 is 0.573 bits per heavy atom. The molecular formula is C80H58N2. The lowest BCUT2D eigenvalue weighted by atomic mass is 9.79. The first kappa shape index (κ1) is 47.9. The highest BCUT2D eigenvalue weighted by molar-refractivity contribution is 6.12. The minimum absolute atomic E-state index is 0.157. The predicted octanol–water partition coefficient (Wildman–Crippen LogP) is 21.3. The van der Waals surface area contributed by atoms with Gasteiger partial charge in [0, 0.05) is 43.7 Å². The molecule has 2 aliphatic carbocycles. The second kappa shape index (κ2) is 18.3. The molecule has 388 valence electrons. The first-order chi connectivity index (χ1) is 40.1. The maximum absolute atomic E-state index is 2.47. The Morgan fingerprint density at radius 3 is 1.10 bits per heavy atom. The molecule has 0 saturated heterocycles. The van der Waals surface area contributed by atoms with E-state index in [0.717, 1.165) is 5.69 Å². The van der Waals surface area contributed by atoms with Crippen LogP contribution in [0.1, 0.15) is 61.1 Å². The highest BCUT2D eigenvalue weighted by Crippen LogP contribution is 2.53. The molecule has 0 saturated carbocycles. The second-order valence-electron chi connectivity index (χ2n) is 23.7. The fourth-order valence-electron chi connectivity index (χ4n) is 14.0. The lowest BCUT2D eigenvalue weighted by Crippen LogP contribution is -2.15. The van der Waals surface area contributed by atoms with Crippen LogP contribution < -0.4 is 0 Å². The molecule has 0 unspecified atom stereocenters. The average molecular weight is 1050 g/mol. The zero-order valence-electron chi connectivity index (χ0n) is 46.5. The van der Waals surface area contributed by atoms with Gasteiger partial charge in [0.15, 0.2) is 0 Å². The maximum atomic E-state index is 2.47. The van der Waals surface area contributed by atoms with Crippen LogP contribution in [0.4, 0.5) is 0 Å². The van der Waals surface area contributed by atoms with Gasteiger partial charge in [-0.05, 0) is 179 Å². The first-order valence-electron chi connectivity index (χ1n) is 28.8. The minimum atomic E-state index is -0.178. The van der Waals surface area contributed by atoms with Crippen molar-refractivity contribution in [3.8, 4) is 78.1 Å². The van der Waals surface area contributed by atoms with Crippen molar-refractivity contribution < 1.29 is 0 Å². The minimum Gasteiger partial charge on any atom is -0.309 e. The summed E-state index contributed by atoms with van der Waals surface area (Å²) in [5.74, 6) is 0. The van der Waals surface area contributed by atoms with Crippen LogP contribution in [0.3, 0.4) is 0 Å². The van der Waals surface area contributed by atoms with Crippen molar-refractivity contribution in [1.29, 1.82) is 0 Å². The molecule has 2 heterocycles. The molecule has 2 aliphatic rings. The lowest BCUT2D eigenvalue weighted by Gasteiger charge is -2.24. The Balaban J connectivity index is 0.648. The van der Waals surface area contributed by atoms with Crippen LogP contribution >= 0.6 is 0 Å². The van der Waals surface area contributed by atoms with Gasteiger partial charge in [-0.25, -0.2) is 0 Å². The number of rotatable bonds is 8. The smallest absolute Gasteiger partial charge is 0.0541 e. The Morgan fingerprint density at radius 1 is 0.244 bits per heavy atom. The van der Waals surface area contributed by atoms with E-state index < -0.39 is 0 Å². The third-order valence-electron chi connectivity index (χ3n) is 18.3. The zero-order chi connectivity index (χ0) is 54.8. The Labute approximate surface area is 479 Å². The SMILES string of the molecule is CC1(C)c2cc(C=Cc3ccc(-c4ccc5c(c4)c4ccccc4n5-c4ccccc4)cc3)ccc2-c2ccc(-c3ccc4c(c3)C(C)(C)c3cc(-c5ccc6c(c5)c5ccccc5n6-c5ccc(-c6ccccc6)cc5)ccc3-4)cc21. The summed E-state index contributed by atoms with van der Waals surface area (Å²) in [7, 11) is 0. The van der Waals surface area contributed by atoms with Crippen molar-refractivity contribution in [2.45, 2.75) is 38.5 Å². The molecule has 0 fully saturated rings. The summed E-state index contributed by atoms with van der Waals surface area (Å²) in [6.07, 6.45) is 4.51. The van der Waals surface area contributed by atoms with Gasteiger partial charge in [0.05, 0.1) is 22.1 Å². The average Bonchev–Trinajstić information content (AvgIpc) is 4.26. The first-order valence-corrected chi connectivity index (χ1v) is 28.8. The summed E-state index contributed by atoms with van der Waals surface area (Å²) in [5.41, 5.74) is 30.0. The molecular weight excluding hydrogens is 989 g/mol. The summed E-state index contributed by atoms with van der Waals surface area (Å²) in [6, 6.07) is 99.2. The summed E-state index contributed by atoms with van der Waals surface area (Å²) in [4.78, 5) is 0. The van der Waals surface area contributed by atoms with E-state index in [-0.39, 0.29) is 10.8 Å². The predicted molar refractivity (Wildman–Crippen MR) is 347 cm³/mol. The highest BCUT2D eigenvalue weighted by atomic mass is 15.0. The van der Waals surface area contributed by atoms with Crippen LogP contribution in [-0.2, 0) is 10.8 Å². The molecule has 0 bridgehead atoms. The van der Waals surface area contributed by atoms with Crippen molar-refractivity contribution in [1.82, 2.24) is 9.13 Å². The van der Waals surface area contributed by atoms with Gasteiger partial charge >= 0.3 is 0 Å². The molecule has 12 aromatic carbocycles. The molecule has 0 radical (unpaired) electrons. The van der Waals surface area contributed by atoms with Crippen molar-refractivity contribution in [2.75, 3.05) is 0 Å². The number of nitrogens with zero attached hydrogens (tertiary/aromatic N) is 2. The third-order valence-corrected chi connectivity index (χ3v) is 18.3. The van der Waals surface area contributed by atoms with Gasteiger partial charge in [0.25, 0.3) is 0 Å². The molecule has 2 heteroatoms. The Kier molecular flexibility index (Phi) is 10.7. The normalized spacial score (nSPS) is 13.8. The molecule has 2 nitrogen and oxygen atoms in total. The number of hydrogen-bond donors (Lipinski definition) is 0. The van der Waals surface area contributed by atoms with Crippen molar-refractivity contribution in [3.63, 3.8) is 0 Å². The monoisotopic (exact) mass is 1050 g/mol. The quantitative estimate of drug-likeness (QED) is 0.134. The molecule has 0 spiro atoms. The summed E-state index contributed by atoms with van der Waals surface area (Å²) < 4.78 is 4.78. The van der Waals surface area contributed by atoms with Gasteiger partial charge in [-0.3, -0.25) is 0 Å². The van der Waals surface area contributed by atoms with Gasteiger partial charge in [0.1, 0.15) is 0 Å². The van der Waals surface area contributed by atoms with Crippen molar-refractivity contribution in [3.05, 3.63) is 300 Å². The fraction of sp³-hybridized carbons (Fsp3) is 0.0750. The van der Waals surface area contributed by atoms with Gasteiger partial charge in [-0.15, -0.1) is 0 Å². The number of benzene rings is 12.